The molecule has 0 aliphatic heterocycles. The van der Waals surface area contributed by atoms with E-state index in [0.717, 1.165) is 22.8 Å². The maximum Gasteiger partial charge on any atom is 0.251 e. The summed E-state index contributed by atoms with van der Waals surface area (Å²) in [6, 6.07) is 8.22. The second-order valence-corrected chi connectivity index (χ2v) is 4.42. The molecule has 0 saturated heterocycles. The van der Waals surface area contributed by atoms with Crippen LogP contribution in [-0.2, 0) is 6.54 Å². The van der Waals surface area contributed by atoms with Crippen LogP contribution in [-0.4, -0.2) is 19.6 Å². The van der Waals surface area contributed by atoms with Crippen molar-refractivity contribution in [1.82, 2.24) is 19.6 Å². The lowest BCUT2D eigenvalue weighted by atomic mass is 10.1. The van der Waals surface area contributed by atoms with Gasteiger partial charge < -0.3 is 5.73 Å². The van der Waals surface area contributed by atoms with Crippen molar-refractivity contribution >= 4 is 5.78 Å². The zero-order valence-corrected chi connectivity index (χ0v) is 10.4. The van der Waals surface area contributed by atoms with Crippen LogP contribution in [0.4, 0.5) is 0 Å². The molecule has 0 unspecified atom stereocenters. The van der Waals surface area contributed by atoms with E-state index in [9.17, 15) is 0 Å². The van der Waals surface area contributed by atoms with Crippen LogP contribution in [0.1, 0.15) is 17.0 Å². The Labute approximate surface area is 105 Å². The summed E-state index contributed by atoms with van der Waals surface area (Å²) in [5, 5.41) is 3.23. The number of fused-ring (bicyclic) bond motifs is 1. The first-order chi connectivity index (χ1) is 8.69. The summed E-state index contributed by atoms with van der Waals surface area (Å²) in [5.41, 5.74) is 9.89. The van der Waals surface area contributed by atoms with Gasteiger partial charge in [0.25, 0.3) is 5.78 Å². The van der Waals surface area contributed by atoms with Crippen LogP contribution in [0.25, 0.3) is 17.2 Å². The summed E-state index contributed by atoms with van der Waals surface area (Å²) in [4.78, 5) is 8.87. The number of aromatic amines is 1. The predicted octanol–water partition coefficient (Wildman–Crippen LogP) is 1.80. The molecule has 0 fully saturated rings. The zero-order chi connectivity index (χ0) is 12.7. The smallest absolute Gasteiger partial charge is 0.251 e. The lowest BCUT2D eigenvalue weighted by Crippen LogP contribution is -2.03. The molecule has 0 amide bonds. The zero-order valence-electron chi connectivity index (χ0n) is 10.4. The highest BCUT2D eigenvalue weighted by Crippen LogP contribution is 2.18. The number of aromatic nitrogens is 4. The van der Waals surface area contributed by atoms with Crippen molar-refractivity contribution in [3.8, 4) is 11.4 Å². The lowest BCUT2D eigenvalue weighted by Gasteiger charge is -1.98. The fraction of sp³-hybridized carbons (Fsp3) is 0.231. The van der Waals surface area contributed by atoms with Crippen molar-refractivity contribution in [2.75, 3.05) is 0 Å². The number of H-pyrrole nitrogens is 1. The van der Waals surface area contributed by atoms with E-state index in [1.807, 2.05) is 23.6 Å². The van der Waals surface area contributed by atoms with Gasteiger partial charge in [-0.05, 0) is 13.8 Å². The van der Waals surface area contributed by atoms with Crippen LogP contribution in [0.5, 0.6) is 0 Å². The van der Waals surface area contributed by atoms with Crippen molar-refractivity contribution in [3.05, 3.63) is 41.2 Å². The number of nitrogens with zero attached hydrogens (tertiary/aromatic N) is 3. The van der Waals surface area contributed by atoms with Gasteiger partial charge in [0.15, 0.2) is 5.82 Å². The first kappa shape index (κ1) is 11.0. The normalized spacial score (nSPS) is 11.3. The second kappa shape index (κ2) is 3.96. The van der Waals surface area contributed by atoms with Crippen LogP contribution in [0, 0.1) is 13.8 Å². The Balaban J connectivity index is 2.14. The van der Waals surface area contributed by atoms with Crippen molar-refractivity contribution in [1.29, 1.82) is 0 Å². The molecule has 1 aromatic carbocycles. The molecule has 0 aliphatic carbocycles. The lowest BCUT2D eigenvalue weighted by molar-refractivity contribution is 0.859. The van der Waals surface area contributed by atoms with E-state index in [4.69, 9.17) is 5.73 Å². The van der Waals surface area contributed by atoms with Gasteiger partial charge in [-0.1, -0.05) is 29.8 Å². The molecule has 18 heavy (non-hydrogen) atoms. The Bertz CT molecular complexity index is 690. The summed E-state index contributed by atoms with van der Waals surface area (Å²) >= 11 is 0. The molecule has 5 heteroatoms. The third kappa shape index (κ3) is 1.60. The van der Waals surface area contributed by atoms with Crippen molar-refractivity contribution < 1.29 is 0 Å². The van der Waals surface area contributed by atoms with E-state index in [-0.39, 0.29) is 0 Å². The highest BCUT2D eigenvalue weighted by molar-refractivity contribution is 5.57. The van der Waals surface area contributed by atoms with Gasteiger partial charge in [-0.25, -0.2) is 9.50 Å². The topological polar surface area (TPSA) is 72.0 Å². The van der Waals surface area contributed by atoms with Gasteiger partial charge in [0.2, 0.25) is 0 Å². The van der Waals surface area contributed by atoms with E-state index in [0.29, 0.717) is 12.3 Å². The molecule has 3 rings (SSSR count). The number of hydrogen-bond donors (Lipinski definition) is 2. The van der Waals surface area contributed by atoms with E-state index in [1.165, 1.54) is 5.56 Å². The van der Waals surface area contributed by atoms with Crippen LogP contribution in [0.2, 0.25) is 0 Å². The highest BCUT2D eigenvalue weighted by Gasteiger charge is 2.12. The quantitative estimate of drug-likeness (QED) is 0.718. The van der Waals surface area contributed by atoms with Crippen LogP contribution in [0.3, 0.4) is 0 Å². The van der Waals surface area contributed by atoms with E-state index in [1.54, 1.807) is 0 Å². The maximum atomic E-state index is 5.72. The minimum Gasteiger partial charge on any atom is -0.325 e. The Hall–Kier alpha value is -2.14. The van der Waals surface area contributed by atoms with Crippen molar-refractivity contribution in [2.24, 2.45) is 5.73 Å². The van der Waals surface area contributed by atoms with Gasteiger partial charge in [-0.3, -0.25) is 5.10 Å². The predicted molar refractivity (Wildman–Crippen MR) is 70.1 cm³/mol. The van der Waals surface area contributed by atoms with Gasteiger partial charge >= 0.3 is 0 Å². The molecule has 0 spiro atoms. The summed E-state index contributed by atoms with van der Waals surface area (Å²) in [6.07, 6.45) is 0. The molecule has 2 heterocycles. The molecular formula is C13H15N5. The average molecular weight is 241 g/mol. The number of aryl methyl sites for hydroxylation is 2. The molecule has 0 aliphatic rings. The molecule has 3 N–H and O–H groups in total. The molecular weight excluding hydrogens is 226 g/mol. The molecule has 0 atom stereocenters. The van der Waals surface area contributed by atoms with Crippen LogP contribution >= 0.6 is 0 Å². The van der Waals surface area contributed by atoms with Crippen molar-refractivity contribution in [2.45, 2.75) is 20.4 Å². The van der Waals surface area contributed by atoms with Crippen LogP contribution < -0.4 is 5.73 Å². The fourth-order valence-corrected chi connectivity index (χ4v) is 2.05. The molecule has 5 nitrogen and oxygen atoms in total. The number of imidazole rings is 1. The molecule has 0 saturated carbocycles. The van der Waals surface area contributed by atoms with Gasteiger partial charge in [0, 0.05) is 12.1 Å². The summed E-state index contributed by atoms with van der Waals surface area (Å²) in [7, 11) is 0. The molecule has 0 bridgehead atoms. The SMILES string of the molecule is Cc1ccc(-c2nc3nc(C)c(CN)n3[nH]2)cc1. The molecule has 3 aromatic rings. The highest BCUT2D eigenvalue weighted by atomic mass is 15.3. The summed E-state index contributed by atoms with van der Waals surface area (Å²) < 4.78 is 1.85. The van der Waals surface area contributed by atoms with Gasteiger partial charge in [-0.15, -0.1) is 0 Å². The second-order valence-electron chi connectivity index (χ2n) is 4.42. The summed E-state index contributed by atoms with van der Waals surface area (Å²) in [5.74, 6) is 1.48. The Morgan fingerprint density at radius 2 is 1.89 bits per heavy atom. The minimum atomic E-state index is 0.447. The third-order valence-electron chi connectivity index (χ3n) is 3.10. The van der Waals surface area contributed by atoms with Gasteiger partial charge in [0.05, 0.1) is 11.4 Å². The Kier molecular flexibility index (Phi) is 2.41. The monoisotopic (exact) mass is 241 g/mol. The number of nitrogens with two attached hydrogens (primary N) is 1. The Morgan fingerprint density at radius 3 is 2.56 bits per heavy atom. The fourth-order valence-electron chi connectivity index (χ4n) is 2.05. The number of rotatable bonds is 2. The first-order valence-corrected chi connectivity index (χ1v) is 5.90. The molecule has 2 aromatic heterocycles. The number of benzene rings is 1. The van der Waals surface area contributed by atoms with Crippen molar-refractivity contribution in [3.63, 3.8) is 0 Å². The standard InChI is InChI=1S/C13H15N5/c1-8-3-5-10(6-4-8)12-16-13-15-9(2)11(7-14)18(13)17-12/h3-6H,7,14H2,1-2H3,(H,15,16,17). The average Bonchev–Trinajstić information content (AvgIpc) is 2.86. The van der Waals surface area contributed by atoms with Gasteiger partial charge in [0.1, 0.15) is 0 Å². The van der Waals surface area contributed by atoms with Crippen LogP contribution in [0.15, 0.2) is 24.3 Å². The number of nitrogens with one attached hydrogen (secondary N) is 1. The largest absolute Gasteiger partial charge is 0.325 e. The Morgan fingerprint density at radius 1 is 1.17 bits per heavy atom. The molecule has 92 valence electrons. The van der Waals surface area contributed by atoms with E-state index < -0.39 is 0 Å². The van der Waals surface area contributed by atoms with E-state index in [2.05, 4.69) is 34.1 Å². The third-order valence-corrected chi connectivity index (χ3v) is 3.10. The molecule has 0 radical (unpaired) electrons. The minimum absolute atomic E-state index is 0.447. The summed E-state index contributed by atoms with van der Waals surface area (Å²) in [6.45, 7) is 4.45. The first-order valence-electron chi connectivity index (χ1n) is 5.90. The van der Waals surface area contributed by atoms with Gasteiger partial charge in [-0.2, -0.15) is 4.98 Å². The van der Waals surface area contributed by atoms with E-state index >= 15 is 0 Å². The maximum absolute atomic E-state index is 5.72. The number of hydrogen-bond acceptors (Lipinski definition) is 3.